The van der Waals surface area contributed by atoms with Gasteiger partial charge in [0.1, 0.15) is 5.69 Å². The van der Waals surface area contributed by atoms with E-state index < -0.39 is 0 Å². The Hall–Kier alpha value is -1.09. The summed E-state index contributed by atoms with van der Waals surface area (Å²) < 4.78 is 0. The number of unbranched alkanes of at least 4 members (excludes halogenated alkanes) is 1. The smallest absolute Gasteiger partial charge is 0.269 e. The summed E-state index contributed by atoms with van der Waals surface area (Å²) in [5.74, 6) is 0.403. The molecule has 1 unspecified atom stereocenters. The lowest BCUT2D eigenvalue weighted by molar-refractivity contribution is 0.0941. The second-order valence-corrected chi connectivity index (χ2v) is 4.92. The normalized spacial score (nSPS) is 12.2. The van der Waals surface area contributed by atoms with Crippen molar-refractivity contribution in [1.82, 2.24) is 10.3 Å². The largest absolute Gasteiger partial charge is 0.350 e. The third kappa shape index (κ3) is 5.05. The Bertz CT molecular complexity index is 382. The molecule has 100 valence electrons. The highest BCUT2D eigenvalue weighted by atomic mass is 35.5. The Labute approximate surface area is 114 Å². The lowest BCUT2D eigenvalue weighted by Crippen LogP contribution is -2.29. The van der Waals surface area contributed by atoms with Crippen LogP contribution in [-0.2, 0) is 0 Å². The van der Waals surface area contributed by atoms with Crippen LogP contribution in [-0.4, -0.2) is 17.4 Å². The van der Waals surface area contributed by atoms with Crippen molar-refractivity contribution >= 4 is 17.5 Å². The van der Waals surface area contributed by atoms with Crippen LogP contribution in [0.25, 0.3) is 0 Å². The molecule has 0 saturated heterocycles. The minimum Gasteiger partial charge on any atom is -0.350 e. The van der Waals surface area contributed by atoms with E-state index in [-0.39, 0.29) is 5.91 Å². The summed E-state index contributed by atoms with van der Waals surface area (Å²) in [5.41, 5.74) is 0.382. The van der Waals surface area contributed by atoms with Gasteiger partial charge >= 0.3 is 0 Å². The van der Waals surface area contributed by atoms with Crippen molar-refractivity contribution in [1.29, 1.82) is 0 Å². The maximum absolute atomic E-state index is 11.9. The van der Waals surface area contributed by atoms with Gasteiger partial charge in [0.2, 0.25) is 0 Å². The zero-order valence-corrected chi connectivity index (χ0v) is 11.8. The van der Waals surface area contributed by atoms with Crippen LogP contribution in [0, 0.1) is 5.92 Å². The first-order valence-corrected chi connectivity index (χ1v) is 6.94. The first-order chi connectivity index (χ1) is 8.67. The highest BCUT2D eigenvalue weighted by molar-refractivity contribution is 6.30. The molecule has 0 radical (unpaired) electrons. The van der Waals surface area contributed by atoms with E-state index in [1.54, 1.807) is 18.3 Å². The zero-order valence-electron chi connectivity index (χ0n) is 11.1. The third-order valence-corrected chi connectivity index (χ3v) is 3.28. The Kier molecular flexibility index (Phi) is 6.73. The van der Waals surface area contributed by atoms with Gasteiger partial charge in [0, 0.05) is 17.8 Å². The number of halogens is 1. The molecule has 1 heterocycles. The molecule has 0 bridgehead atoms. The van der Waals surface area contributed by atoms with Crippen molar-refractivity contribution < 1.29 is 4.79 Å². The van der Waals surface area contributed by atoms with E-state index in [4.69, 9.17) is 11.6 Å². The number of rotatable bonds is 7. The van der Waals surface area contributed by atoms with E-state index in [0.29, 0.717) is 23.2 Å². The number of hydrogen-bond acceptors (Lipinski definition) is 2. The topological polar surface area (TPSA) is 42.0 Å². The lowest BCUT2D eigenvalue weighted by atomic mass is 9.99. The van der Waals surface area contributed by atoms with Gasteiger partial charge in [0.25, 0.3) is 5.91 Å². The molecule has 1 atom stereocenters. The number of carbonyl (C=O) groups is 1. The number of aromatic nitrogens is 1. The fourth-order valence-electron chi connectivity index (χ4n) is 1.80. The molecule has 0 aliphatic carbocycles. The molecule has 1 amide bonds. The van der Waals surface area contributed by atoms with Crippen LogP contribution < -0.4 is 5.32 Å². The molecule has 0 aliphatic rings. The van der Waals surface area contributed by atoms with Crippen molar-refractivity contribution in [3.8, 4) is 0 Å². The molecule has 0 fully saturated rings. The number of nitrogens with zero attached hydrogens (tertiary/aromatic N) is 1. The van der Waals surface area contributed by atoms with Gasteiger partial charge in [0.05, 0.1) is 0 Å². The van der Waals surface area contributed by atoms with Crippen molar-refractivity contribution in [3.63, 3.8) is 0 Å². The van der Waals surface area contributed by atoms with Gasteiger partial charge in [-0.15, -0.1) is 0 Å². The summed E-state index contributed by atoms with van der Waals surface area (Å²) in [6.07, 6.45) is 6.20. The monoisotopic (exact) mass is 268 g/mol. The summed E-state index contributed by atoms with van der Waals surface area (Å²) >= 11 is 5.83. The van der Waals surface area contributed by atoms with E-state index >= 15 is 0 Å². The van der Waals surface area contributed by atoms with E-state index in [1.165, 1.54) is 12.8 Å². The number of hydrogen-bond donors (Lipinski definition) is 1. The van der Waals surface area contributed by atoms with Crippen molar-refractivity contribution in [2.45, 2.75) is 39.5 Å². The molecule has 0 spiro atoms. The van der Waals surface area contributed by atoms with Gasteiger partial charge in [0.15, 0.2) is 0 Å². The fraction of sp³-hybridized carbons (Fsp3) is 0.571. The quantitative estimate of drug-likeness (QED) is 0.820. The standard InChI is InChI=1S/C14H21ClN2O/c1-3-5-6-11(4-2)10-17-14(18)13-9-12(15)7-8-16-13/h7-9,11H,3-6,10H2,1-2H3,(H,17,18). The molecule has 18 heavy (non-hydrogen) atoms. The average Bonchev–Trinajstić information content (AvgIpc) is 2.38. The fourth-order valence-corrected chi connectivity index (χ4v) is 1.96. The Morgan fingerprint density at radius 1 is 1.50 bits per heavy atom. The second kappa shape index (κ2) is 8.09. The zero-order chi connectivity index (χ0) is 13.4. The number of amides is 1. The predicted octanol–water partition coefficient (Wildman–Crippen LogP) is 3.68. The molecule has 1 aromatic heterocycles. The van der Waals surface area contributed by atoms with Crippen LogP contribution in [0.15, 0.2) is 18.3 Å². The molecule has 0 aliphatic heterocycles. The van der Waals surface area contributed by atoms with Gasteiger partial charge in [-0.1, -0.05) is 44.7 Å². The lowest BCUT2D eigenvalue weighted by Gasteiger charge is -2.15. The van der Waals surface area contributed by atoms with Gasteiger partial charge in [-0.3, -0.25) is 9.78 Å². The Morgan fingerprint density at radius 2 is 2.28 bits per heavy atom. The SMILES string of the molecule is CCCCC(CC)CNC(=O)c1cc(Cl)ccn1. The maximum atomic E-state index is 11.9. The molecule has 3 nitrogen and oxygen atoms in total. The molecule has 1 N–H and O–H groups in total. The Balaban J connectivity index is 2.44. The average molecular weight is 269 g/mol. The van der Waals surface area contributed by atoms with Crippen molar-refractivity contribution in [2.75, 3.05) is 6.54 Å². The van der Waals surface area contributed by atoms with Crippen LogP contribution in [0.4, 0.5) is 0 Å². The third-order valence-electron chi connectivity index (χ3n) is 3.05. The van der Waals surface area contributed by atoms with Gasteiger partial charge in [-0.05, 0) is 24.5 Å². The number of carbonyl (C=O) groups excluding carboxylic acids is 1. The van der Waals surface area contributed by atoms with Gasteiger partial charge in [-0.2, -0.15) is 0 Å². The second-order valence-electron chi connectivity index (χ2n) is 4.49. The van der Waals surface area contributed by atoms with Crippen LogP contribution in [0.3, 0.4) is 0 Å². The molecule has 0 saturated carbocycles. The molecule has 1 rings (SSSR count). The first kappa shape index (κ1) is 15.0. The Morgan fingerprint density at radius 3 is 2.89 bits per heavy atom. The number of pyridine rings is 1. The molecular weight excluding hydrogens is 248 g/mol. The van der Waals surface area contributed by atoms with E-state index in [9.17, 15) is 4.79 Å². The van der Waals surface area contributed by atoms with E-state index in [1.807, 2.05) is 0 Å². The van der Waals surface area contributed by atoms with Crippen LogP contribution in [0.1, 0.15) is 50.0 Å². The molecular formula is C14H21ClN2O. The van der Waals surface area contributed by atoms with Gasteiger partial charge in [-0.25, -0.2) is 0 Å². The van der Waals surface area contributed by atoms with Crippen LogP contribution in [0.5, 0.6) is 0 Å². The minimum absolute atomic E-state index is 0.146. The molecule has 4 heteroatoms. The summed E-state index contributed by atoms with van der Waals surface area (Å²) in [6, 6.07) is 3.25. The van der Waals surface area contributed by atoms with Gasteiger partial charge < -0.3 is 5.32 Å². The van der Waals surface area contributed by atoms with Crippen molar-refractivity contribution in [3.05, 3.63) is 29.0 Å². The highest BCUT2D eigenvalue weighted by Gasteiger charge is 2.11. The minimum atomic E-state index is -0.146. The predicted molar refractivity (Wildman–Crippen MR) is 74.9 cm³/mol. The maximum Gasteiger partial charge on any atom is 0.269 e. The first-order valence-electron chi connectivity index (χ1n) is 6.57. The summed E-state index contributed by atoms with van der Waals surface area (Å²) in [4.78, 5) is 15.9. The number of nitrogens with one attached hydrogen (secondary N) is 1. The van der Waals surface area contributed by atoms with Crippen LogP contribution in [0.2, 0.25) is 5.02 Å². The summed E-state index contributed by atoms with van der Waals surface area (Å²) in [5, 5.41) is 3.46. The molecule has 1 aromatic rings. The van der Waals surface area contributed by atoms with Crippen molar-refractivity contribution in [2.24, 2.45) is 5.92 Å². The highest BCUT2D eigenvalue weighted by Crippen LogP contribution is 2.12. The van der Waals surface area contributed by atoms with Crippen LogP contribution >= 0.6 is 11.6 Å². The summed E-state index contributed by atoms with van der Waals surface area (Å²) in [7, 11) is 0. The molecule has 0 aromatic carbocycles. The van der Waals surface area contributed by atoms with E-state index in [2.05, 4.69) is 24.1 Å². The van der Waals surface area contributed by atoms with E-state index in [0.717, 1.165) is 12.8 Å². The summed E-state index contributed by atoms with van der Waals surface area (Å²) in [6.45, 7) is 5.05.